The predicted octanol–water partition coefficient (Wildman–Crippen LogP) is 4.18. The molecule has 3 nitrogen and oxygen atoms in total. The summed E-state index contributed by atoms with van der Waals surface area (Å²) in [6, 6.07) is 5.83. The van der Waals surface area contributed by atoms with Gasteiger partial charge in [-0.25, -0.2) is 13.8 Å². The van der Waals surface area contributed by atoms with Gasteiger partial charge in [-0.15, -0.1) is 0 Å². The third-order valence-electron chi connectivity index (χ3n) is 3.78. The fourth-order valence-corrected chi connectivity index (χ4v) is 2.63. The highest BCUT2D eigenvalue weighted by atomic mass is 19.3. The van der Waals surface area contributed by atoms with Gasteiger partial charge in [-0.3, -0.25) is 4.40 Å². The van der Waals surface area contributed by atoms with E-state index in [0.717, 1.165) is 31.5 Å². The summed E-state index contributed by atoms with van der Waals surface area (Å²) in [4.78, 5) is 3.94. The fraction of sp³-hybridized carbons (Fsp3) is 0.400. The van der Waals surface area contributed by atoms with Crippen molar-refractivity contribution in [3.8, 4) is 0 Å². The Morgan fingerprint density at radius 3 is 2.75 bits per heavy atom. The summed E-state index contributed by atoms with van der Waals surface area (Å²) in [5.41, 5.74) is 1.66. The Morgan fingerprint density at radius 1 is 1.30 bits per heavy atom. The highest BCUT2D eigenvalue weighted by Gasteiger charge is 2.17. The first-order chi connectivity index (χ1) is 9.63. The minimum Gasteiger partial charge on any atom is -0.368 e. The van der Waals surface area contributed by atoms with Gasteiger partial charge in [0.05, 0.1) is 0 Å². The van der Waals surface area contributed by atoms with Crippen LogP contribution in [0.3, 0.4) is 0 Å². The molecule has 1 saturated carbocycles. The van der Waals surface area contributed by atoms with Crippen LogP contribution in [0.4, 0.5) is 14.6 Å². The maximum atomic E-state index is 12.7. The van der Waals surface area contributed by atoms with Crippen LogP contribution in [0.1, 0.15) is 37.8 Å². The molecule has 0 spiro atoms. The molecule has 2 heterocycles. The van der Waals surface area contributed by atoms with Crippen LogP contribution >= 0.6 is 0 Å². The molecular formula is C15H17F2N3. The number of fused-ring (bicyclic) bond motifs is 1. The lowest BCUT2D eigenvalue weighted by molar-refractivity contribution is 0.147. The second-order valence-electron chi connectivity index (χ2n) is 5.27. The first-order valence-corrected chi connectivity index (χ1v) is 6.83. The number of hydrogen-bond donors (Lipinski definition) is 1. The number of allylic oxidation sites excluding steroid dienone is 1. The van der Waals surface area contributed by atoms with Crippen LogP contribution in [-0.2, 0) is 0 Å². The zero-order chi connectivity index (χ0) is 14.1. The van der Waals surface area contributed by atoms with Gasteiger partial charge in [0.1, 0.15) is 17.2 Å². The Kier molecular flexibility index (Phi) is 3.42. The van der Waals surface area contributed by atoms with Crippen molar-refractivity contribution in [2.45, 2.75) is 38.2 Å². The SMILES string of the molecule is C=C1CCC(Nc2cccc3nc(C(F)F)cn23)CC1. The van der Waals surface area contributed by atoms with E-state index in [4.69, 9.17) is 0 Å². The number of aromatic nitrogens is 2. The van der Waals surface area contributed by atoms with E-state index in [1.165, 1.54) is 11.8 Å². The maximum Gasteiger partial charge on any atom is 0.281 e. The van der Waals surface area contributed by atoms with Crippen molar-refractivity contribution in [2.75, 3.05) is 5.32 Å². The molecule has 2 aromatic rings. The van der Waals surface area contributed by atoms with Crippen molar-refractivity contribution >= 4 is 11.5 Å². The van der Waals surface area contributed by atoms with E-state index in [9.17, 15) is 8.78 Å². The lowest BCUT2D eigenvalue weighted by Crippen LogP contribution is -2.24. The van der Waals surface area contributed by atoms with Gasteiger partial charge in [-0.1, -0.05) is 18.2 Å². The van der Waals surface area contributed by atoms with Gasteiger partial charge in [0, 0.05) is 12.2 Å². The van der Waals surface area contributed by atoms with Crippen LogP contribution in [0, 0.1) is 0 Å². The van der Waals surface area contributed by atoms with Crippen LogP contribution in [0.2, 0.25) is 0 Å². The van der Waals surface area contributed by atoms with Gasteiger partial charge >= 0.3 is 0 Å². The molecule has 0 unspecified atom stereocenters. The van der Waals surface area contributed by atoms with Gasteiger partial charge in [0.25, 0.3) is 6.43 Å². The quantitative estimate of drug-likeness (QED) is 0.853. The molecule has 0 aliphatic heterocycles. The van der Waals surface area contributed by atoms with Crippen molar-refractivity contribution in [1.29, 1.82) is 0 Å². The molecule has 0 bridgehead atoms. The maximum absolute atomic E-state index is 12.7. The summed E-state index contributed by atoms with van der Waals surface area (Å²) in [6.45, 7) is 4.00. The van der Waals surface area contributed by atoms with E-state index in [1.807, 2.05) is 12.1 Å². The molecule has 1 fully saturated rings. The van der Waals surface area contributed by atoms with Crippen molar-refractivity contribution in [2.24, 2.45) is 0 Å². The number of nitrogens with one attached hydrogen (secondary N) is 1. The first-order valence-electron chi connectivity index (χ1n) is 6.83. The minimum atomic E-state index is -2.54. The van der Waals surface area contributed by atoms with Gasteiger partial charge in [0.15, 0.2) is 0 Å². The standard InChI is InChI=1S/C15H17F2N3/c1-10-5-7-11(8-6-10)18-13-3-2-4-14-19-12(15(16)17)9-20(13)14/h2-4,9,11,15,18H,1,5-8H2. The lowest BCUT2D eigenvalue weighted by atomic mass is 9.92. The molecule has 106 valence electrons. The molecule has 3 rings (SSSR count). The first kappa shape index (κ1) is 13.1. The summed E-state index contributed by atoms with van der Waals surface area (Å²) in [5.74, 6) is 0.819. The van der Waals surface area contributed by atoms with E-state index in [0.29, 0.717) is 11.7 Å². The number of rotatable bonds is 3. The molecule has 1 aliphatic carbocycles. The van der Waals surface area contributed by atoms with Crippen molar-refractivity contribution in [3.05, 3.63) is 42.2 Å². The second-order valence-corrected chi connectivity index (χ2v) is 5.27. The van der Waals surface area contributed by atoms with Gasteiger partial charge < -0.3 is 5.32 Å². The summed E-state index contributed by atoms with van der Waals surface area (Å²) in [6.07, 6.45) is 2.99. The van der Waals surface area contributed by atoms with E-state index >= 15 is 0 Å². The Balaban J connectivity index is 1.85. The molecule has 2 aromatic heterocycles. The Labute approximate surface area is 116 Å². The number of hydrogen-bond acceptors (Lipinski definition) is 2. The number of anilines is 1. The molecule has 1 aliphatic rings. The summed E-state index contributed by atoms with van der Waals surface area (Å²) < 4.78 is 27.2. The Morgan fingerprint density at radius 2 is 2.05 bits per heavy atom. The predicted molar refractivity (Wildman–Crippen MR) is 75.2 cm³/mol. The highest BCUT2D eigenvalue weighted by Crippen LogP contribution is 2.26. The zero-order valence-corrected chi connectivity index (χ0v) is 11.1. The number of alkyl halides is 2. The third kappa shape index (κ3) is 2.53. The molecule has 5 heteroatoms. The van der Waals surface area contributed by atoms with Crippen LogP contribution in [0.5, 0.6) is 0 Å². The number of halogens is 2. The largest absolute Gasteiger partial charge is 0.368 e. The monoisotopic (exact) mass is 277 g/mol. The zero-order valence-electron chi connectivity index (χ0n) is 11.1. The number of pyridine rings is 1. The summed E-state index contributed by atoms with van der Waals surface area (Å²) in [7, 11) is 0. The Hall–Kier alpha value is -1.91. The van der Waals surface area contributed by atoms with Gasteiger partial charge in [-0.05, 0) is 37.8 Å². The van der Waals surface area contributed by atoms with Gasteiger partial charge in [0.2, 0.25) is 0 Å². The second kappa shape index (κ2) is 5.23. The normalized spacial score (nSPS) is 17.1. The van der Waals surface area contributed by atoms with Crippen molar-refractivity contribution in [3.63, 3.8) is 0 Å². The topological polar surface area (TPSA) is 29.3 Å². The molecule has 1 N–H and O–H groups in total. The number of imidazole rings is 1. The molecule has 20 heavy (non-hydrogen) atoms. The molecule has 0 radical (unpaired) electrons. The average Bonchev–Trinajstić information content (AvgIpc) is 2.87. The molecule has 0 amide bonds. The van der Waals surface area contributed by atoms with Crippen molar-refractivity contribution in [1.82, 2.24) is 9.38 Å². The molecule has 0 atom stereocenters. The molecule has 0 aromatic carbocycles. The molecular weight excluding hydrogens is 260 g/mol. The minimum absolute atomic E-state index is 0.184. The van der Waals surface area contributed by atoms with E-state index in [-0.39, 0.29) is 5.69 Å². The van der Waals surface area contributed by atoms with E-state index in [2.05, 4.69) is 16.9 Å². The van der Waals surface area contributed by atoms with Crippen LogP contribution < -0.4 is 5.32 Å². The molecule has 0 saturated heterocycles. The smallest absolute Gasteiger partial charge is 0.281 e. The van der Waals surface area contributed by atoms with E-state index < -0.39 is 6.43 Å². The van der Waals surface area contributed by atoms with Crippen LogP contribution in [-0.4, -0.2) is 15.4 Å². The average molecular weight is 277 g/mol. The Bertz CT molecular complexity index is 623. The van der Waals surface area contributed by atoms with Crippen LogP contribution in [0.15, 0.2) is 36.5 Å². The van der Waals surface area contributed by atoms with Crippen molar-refractivity contribution < 1.29 is 8.78 Å². The number of nitrogens with zero attached hydrogens (tertiary/aromatic N) is 2. The van der Waals surface area contributed by atoms with Gasteiger partial charge in [-0.2, -0.15) is 0 Å². The van der Waals surface area contributed by atoms with E-state index in [1.54, 1.807) is 10.5 Å². The highest BCUT2D eigenvalue weighted by molar-refractivity contribution is 5.51. The fourth-order valence-electron chi connectivity index (χ4n) is 2.63. The lowest BCUT2D eigenvalue weighted by Gasteiger charge is -2.25. The van der Waals surface area contributed by atoms with Crippen LogP contribution in [0.25, 0.3) is 5.65 Å². The third-order valence-corrected chi connectivity index (χ3v) is 3.78. The summed E-state index contributed by atoms with van der Waals surface area (Å²) in [5, 5.41) is 3.43. The summed E-state index contributed by atoms with van der Waals surface area (Å²) >= 11 is 0.